The second-order valence-corrected chi connectivity index (χ2v) is 5.79. The molecule has 0 unspecified atom stereocenters. The van der Waals surface area contributed by atoms with Crippen LogP contribution in [0.25, 0.3) is 5.65 Å². The fourth-order valence-electron chi connectivity index (χ4n) is 3.11. The first-order chi connectivity index (χ1) is 10.3. The summed E-state index contributed by atoms with van der Waals surface area (Å²) >= 11 is 0. The molecule has 1 saturated heterocycles. The number of hydrogen-bond acceptors (Lipinski definition) is 4. The molecule has 0 amide bonds. The van der Waals surface area contributed by atoms with Gasteiger partial charge in [-0.3, -0.25) is 9.30 Å². The average molecular weight is 287 g/mol. The van der Waals surface area contributed by atoms with E-state index in [0.29, 0.717) is 0 Å². The molecule has 0 radical (unpaired) electrons. The molecule has 0 saturated carbocycles. The van der Waals surface area contributed by atoms with Crippen molar-refractivity contribution in [2.24, 2.45) is 0 Å². The number of piperazine rings is 1. The van der Waals surface area contributed by atoms with E-state index in [2.05, 4.69) is 50.8 Å². The largest absolute Gasteiger partial charge is 0.314 e. The third-order valence-electron chi connectivity index (χ3n) is 4.15. The van der Waals surface area contributed by atoms with Crippen LogP contribution < -0.4 is 5.32 Å². The number of rotatable bonds is 5. The molecule has 5 nitrogen and oxygen atoms in total. The Balaban J connectivity index is 1.92. The number of nitrogens with one attached hydrogen (secondary N) is 1. The van der Waals surface area contributed by atoms with Crippen molar-refractivity contribution < 1.29 is 0 Å². The Morgan fingerprint density at radius 3 is 2.67 bits per heavy atom. The van der Waals surface area contributed by atoms with Gasteiger partial charge >= 0.3 is 0 Å². The van der Waals surface area contributed by atoms with E-state index < -0.39 is 0 Å². The summed E-state index contributed by atoms with van der Waals surface area (Å²) in [6.07, 6.45) is 3.15. The zero-order valence-electron chi connectivity index (χ0n) is 13.1. The van der Waals surface area contributed by atoms with Gasteiger partial charge < -0.3 is 5.32 Å². The second kappa shape index (κ2) is 6.54. The molecule has 2 aromatic rings. The molecule has 1 N–H and O–H groups in total. The van der Waals surface area contributed by atoms with E-state index in [0.717, 1.165) is 63.5 Å². The summed E-state index contributed by atoms with van der Waals surface area (Å²) in [5.41, 5.74) is 3.72. The van der Waals surface area contributed by atoms with Crippen LogP contribution in [0.1, 0.15) is 37.4 Å². The molecule has 114 valence electrons. The lowest BCUT2D eigenvalue weighted by atomic mass is 10.1. The topological polar surface area (TPSA) is 45.5 Å². The first kappa shape index (κ1) is 14.5. The summed E-state index contributed by atoms with van der Waals surface area (Å²) in [5, 5.41) is 12.1. The van der Waals surface area contributed by atoms with Crippen molar-refractivity contribution in [1.29, 1.82) is 0 Å². The van der Waals surface area contributed by atoms with Crippen molar-refractivity contribution in [3.05, 3.63) is 29.2 Å². The molecule has 21 heavy (non-hydrogen) atoms. The lowest BCUT2D eigenvalue weighted by Crippen LogP contribution is -2.42. The van der Waals surface area contributed by atoms with Gasteiger partial charge in [-0.1, -0.05) is 20.3 Å². The highest BCUT2D eigenvalue weighted by atomic mass is 15.3. The molecule has 3 heterocycles. The number of fused-ring (bicyclic) bond motifs is 1. The van der Waals surface area contributed by atoms with Gasteiger partial charge in [0.2, 0.25) is 0 Å². The zero-order valence-corrected chi connectivity index (χ0v) is 13.1. The Morgan fingerprint density at radius 2 is 1.95 bits per heavy atom. The molecular weight excluding hydrogens is 262 g/mol. The first-order valence-electron chi connectivity index (χ1n) is 8.10. The minimum atomic E-state index is 0.926. The fourth-order valence-corrected chi connectivity index (χ4v) is 3.11. The van der Waals surface area contributed by atoms with Crippen molar-refractivity contribution >= 4 is 5.65 Å². The Morgan fingerprint density at radius 1 is 1.14 bits per heavy atom. The molecule has 0 aliphatic carbocycles. The highest BCUT2D eigenvalue weighted by Gasteiger charge is 2.13. The van der Waals surface area contributed by atoms with Crippen molar-refractivity contribution in [3.63, 3.8) is 0 Å². The van der Waals surface area contributed by atoms with Gasteiger partial charge in [-0.15, -0.1) is 10.2 Å². The van der Waals surface area contributed by atoms with E-state index in [1.165, 1.54) is 11.3 Å². The molecule has 0 atom stereocenters. The SMILES string of the molecule is CCCc1cc(CN2CCNCC2)cc2nnc(CC)n12. The minimum Gasteiger partial charge on any atom is -0.314 e. The van der Waals surface area contributed by atoms with Gasteiger partial charge in [-0.05, 0) is 24.1 Å². The third-order valence-corrected chi connectivity index (χ3v) is 4.15. The normalized spacial score (nSPS) is 16.7. The summed E-state index contributed by atoms with van der Waals surface area (Å²) in [7, 11) is 0. The Hall–Kier alpha value is -1.46. The molecule has 1 aliphatic heterocycles. The predicted octanol–water partition coefficient (Wildman–Crippen LogP) is 1.65. The smallest absolute Gasteiger partial charge is 0.161 e. The second-order valence-electron chi connectivity index (χ2n) is 5.79. The van der Waals surface area contributed by atoms with Crippen LogP contribution in [0.3, 0.4) is 0 Å². The predicted molar refractivity (Wildman–Crippen MR) is 84.5 cm³/mol. The molecule has 0 bridgehead atoms. The van der Waals surface area contributed by atoms with E-state index >= 15 is 0 Å². The monoisotopic (exact) mass is 287 g/mol. The lowest BCUT2D eigenvalue weighted by molar-refractivity contribution is 0.233. The molecule has 1 aliphatic rings. The molecule has 0 spiro atoms. The first-order valence-corrected chi connectivity index (χ1v) is 8.10. The van der Waals surface area contributed by atoms with Crippen LogP contribution in [0, 0.1) is 0 Å². The van der Waals surface area contributed by atoms with E-state index in [-0.39, 0.29) is 0 Å². The van der Waals surface area contributed by atoms with Crippen LogP contribution >= 0.6 is 0 Å². The van der Waals surface area contributed by atoms with Gasteiger partial charge in [0.15, 0.2) is 5.65 Å². The van der Waals surface area contributed by atoms with Crippen LogP contribution in [0.15, 0.2) is 12.1 Å². The van der Waals surface area contributed by atoms with Crippen molar-refractivity contribution in [3.8, 4) is 0 Å². The van der Waals surface area contributed by atoms with Crippen molar-refractivity contribution in [2.75, 3.05) is 26.2 Å². The third kappa shape index (κ3) is 3.09. The molecular formula is C16H25N5. The van der Waals surface area contributed by atoms with Gasteiger partial charge in [-0.25, -0.2) is 0 Å². The fraction of sp³-hybridized carbons (Fsp3) is 0.625. The standard InChI is InChI=1S/C16H25N5/c1-3-5-14-10-13(12-20-8-6-17-7-9-20)11-16-19-18-15(4-2)21(14)16/h10-11,17H,3-9,12H2,1-2H3. The maximum Gasteiger partial charge on any atom is 0.161 e. The molecule has 2 aromatic heterocycles. The van der Waals surface area contributed by atoms with Crippen LogP contribution in [-0.2, 0) is 19.4 Å². The van der Waals surface area contributed by atoms with Crippen LogP contribution in [0.4, 0.5) is 0 Å². The van der Waals surface area contributed by atoms with Crippen LogP contribution in [0.5, 0.6) is 0 Å². The summed E-state index contributed by atoms with van der Waals surface area (Å²) in [4.78, 5) is 2.51. The van der Waals surface area contributed by atoms with Crippen molar-refractivity contribution in [1.82, 2.24) is 24.8 Å². The van der Waals surface area contributed by atoms with Gasteiger partial charge in [0, 0.05) is 44.8 Å². The molecule has 5 heteroatoms. The number of hydrogen-bond donors (Lipinski definition) is 1. The highest BCUT2D eigenvalue weighted by molar-refractivity contribution is 5.44. The molecule has 3 rings (SSSR count). The quantitative estimate of drug-likeness (QED) is 0.908. The maximum absolute atomic E-state index is 4.37. The number of nitrogens with zero attached hydrogens (tertiary/aromatic N) is 4. The van der Waals surface area contributed by atoms with Crippen molar-refractivity contribution in [2.45, 2.75) is 39.7 Å². The molecule has 0 aromatic carbocycles. The lowest BCUT2D eigenvalue weighted by Gasteiger charge is -2.27. The summed E-state index contributed by atoms with van der Waals surface area (Å²) in [6.45, 7) is 9.82. The van der Waals surface area contributed by atoms with E-state index in [4.69, 9.17) is 0 Å². The van der Waals surface area contributed by atoms with E-state index in [9.17, 15) is 0 Å². The number of aryl methyl sites for hydroxylation is 2. The Bertz CT molecular complexity index is 598. The summed E-state index contributed by atoms with van der Waals surface area (Å²) in [6, 6.07) is 4.55. The zero-order chi connectivity index (χ0) is 14.7. The van der Waals surface area contributed by atoms with Gasteiger partial charge in [0.25, 0.3) is 0 Å². The van der Waals surface area contributed by atoms with E-state index in [1.807, 2.05) is 0 Å². The number of pyridine rings is 1. The Labute approximate surface area is 126 Å². The highest BCUT2D eigenvalue weighted by Crippen LogP contribution is 2.16. The van der Waals surface area contributed by atoms with Gasteiger partial charge in [-0.2, -0.15) is 0 Å². The van der Waals surface area contributed by atoms with Crippen LogP contribution in [0.2, 0.25) is 0 Å². The summed E-state index contributed by atoms with van der Waals surface area (Å²) in [5.74, 6) is 1.07. The average Bonchev–Trinajstić information content (AvgIpc) is 2.92. The number of aromatic nitrogens is 3. The van der Waals surface area contributed by atoms with E-state index in [1.54, 1.807) is 0 Å². The minimum absolute atomic E-state index is 0.926. The van der Waals surface area contributed by atoms with Gasteiger partial charge in [0.1, 0.15) is 5.82 Å². The molecule has 1 fully saturated rings. The Kier molecular flexibility index (Phi) is 4.51. The van der Waals surface area contributed by atoms with Crippen LogP contribution in [-0.4, -0.2) is 45.7 Å². The maximum atomic E-state index is 4.37. The summed E-state index contributed by atoms with van der Waals surface area (Å²) < 4.78 is 2.24. The van der Waals surface area contributed by atoms with Gasteiger partial charge in [0.05, 0.1) is 0 Å².